The highest BCUT2D eigenvalue weighted by molar-refractivity contribution is 6.30. The number of benzene rings is 2. The van der Waals surface area contributed by atoms with Gasteiger partial charge in [-0.25, -0.2) is 0 Å². The average molecular weight is 437 g/mol. The largest absolute Gasteiger partial charge is 0.497 e. The van der Waals surface area contributed by atoms with Gasteiger partial charge in [-0.2, -0.15) is 0 Å². The summed E-state index contributed by atoms with van der Waals surface area (Å²) in [5.41, 5.74) is 1.19. The highest BCUT2D eigenvalue weighted by Gasteiger charge is 2.64. The number of amides is 1. The molecule has 158 valence electrons. The van der Waals surface area contributed by atoms with Crippen LogP contribution >= 0.6 is 11.6 Å². The maximum Gasteiger partial charge on any atom is 0.250 e. The van der Waals surface area contributed by atoms with E-state index in [1.807, 2.05) is 48.3 Å². The van der Waals surface area contributed by atoms with Crippen molar-refractivity contribution >= 4 is 29.0 Å². The Balaban J connectivity index is 1.73. The van der Waals surface area contributed by atoms with Gasteiger partial charge in [-0.3, -0.25) is 14.5 Å². The van der Waals surface area contributed by atoms with Crippen LogP contribution in [0.4, 0.5) is 5.69 Å². The Kier molecular flexibility index (Phi) is 4.64. The molecule has 5 rings (SSSR count). The van der Waals surface area contributed by atoms with E-state index >= 15 is 0 Å². The molecular formula is C24H21ClN2O4. The molecule has 0 radical (unpaired) electrons. The molecule has 3 aromatic rings. The molecule has 1 saturated heterocycles. The molecule has 1 aromatic heterocycles. The van der Waals surface area contributed by atoms with Gasteiger partial charge < -0.3 is 14.5 Å². The average Bonchev–Trinajstić information content (AvgIpc) is 3.47. The van der Waals surface area contributed by atoms with E-state index in [0.29, 0.717) is 23.0 Å². The maximum atomic E-state index is 13.8. The summed E-state index contributed by atoms with van der Waals surface area (Å²) in [7, 11) is 3.46. The molecule has 1 fully saturated rings. The topological polar surface area (TPSA) is 71.8 Å². The summed E-state index contributed by atoms with van der Waals surface area (Å²) >= 11 is 6.10. The fourth-order valence-electron chi connectivity index (χ4n) is 5.13. The molecule has 31 heavy (non-hydrogen) atoms. The van der Waals surface area contributed by atoms with Crippen LogP contribution in [0.25, 0.3) is 0 Å². The van der Waals surface area contributed by atoms with Crippen LogP contribution in [-0.2, 0) is 10.3 Å². The predicted octanol–water partition coefficient (Wildman–Crippen LogP) is 4.32. The van der Waals surface area contributed by atoms with Crippen molar-refractivity contribution < 1.29 is 18.7 Å². The zero-order valence-corrected chi connectivity index (χ0v) is 17.8. The summed E-state index contributed by atoms with van der Waals surface area (Å²) in [5, 5.41) is 3.60. The van der Waals surface area contributed by atoms with Crippen molar-refractivity contribution in [3.63, 3.8) is 0 Å². The van der Waals surface area contributed by atoms with Crippen molar-refractivity contribution in [1.82, 2.24) is 4.90 Å². The molecule has 2 aliphatic heterocycles. The molecule has 0 saturated carbocycles. The number of furan rings is 1. The molecule has 7 heteroatoms. The lowest BCUT2D eigenvalue weighted by atomic mass is 9.71. The first kappa shape index (κ1) is 19.8. The number of ketones is 1. The molecule has 0 bridgehead atoms. The third-order valence-corrected chi connectivity index (χ3v) is 6.75. The van der Waals surface area contributed by atoms with Gasteiger partial charge in [0.15, 0.2) is 5.76 Å². The first-order valence-electron chi connectivity index (χ1n) is 10.0. The molecule has 6 nitrogen and oxygen atoms in total. The van der Waals surface area contributed by atoms with Crippen molar-refractivity contribution in [2.75, 3.05) is 26.0 Å². The van der Waals surface area contributed by atoms with Crippen molar-refractivity contribution in [2.24, 2.45) is 5.92 Å². The van der Waals surface area contributed by atoms with Gasteiger partial charge in [-0.05, 0) is 55.1 Å². The van der Waals surface area contributed by atoms with Gasteiger partial charge in [0.05, 0.1) is 19.3 Å². The minimum Gasteiger partial charge on any atom is -0.497 e. The maximum absolute atomic E-state index is 13.8. The van der Waals surface area contributed by atoms with Gasteiger partial charge >= 0.3 is 0 Å². The van der Waals surface area contributed by atoms with Crippen LogP contribution in [0.5, 0.6) is 5.75 Å². The highest BCUT2D eigenvalue weighted by atomic mass is 35.5. The molecule has 2 aromatic carbocycles. The Bertz CT molecular complexity index is 1160. The summed E-state index contributed by atoms with van der Waals surface area (Å²) in [6.07, 6.45) is 1.47. The van der Waals surface area contributed by atoms with E-state index in [4.69, 9.17) is 20.8 Å². The molecule has 1 N–H and O–H groups in total. The van der Waals surface area contributed by atoms with Crippen LogP contribution in [0.15, 0.2) is 65.3 Å². The monoisotopic (exact) mass is 436 g/mol. The lowest BCUT2D eigenvalue weighted by Crippen LogP contribution is -2.51. The van der Waals surface area contributed by atoms with Crippen LogP contribution in [0.2, 0.25) is 5.02 Å². The molecule has 1 spiro atoms. The Morgan fingerprint density at radius 1 is 1.23 bits per heavy atom. The number of likely N-dealkylation sites (tertiary alicyclic amines) is 1. The number of rotatable bonds is 4. The van der Waals surface area contributed by atoms with Gasteiger partial charge in [-0.1, -0.05) is 23.7 Å². The van der Waals surface area contributed by atoms with Crippen LogP contribution in [0, 0.1) is 5.92 Å². The second-order valence-corrected chi connectivity index (χ2v) is 8.43. The SMILES string of the molecule is COc1ccc2c(c1)[C@]1(C(=O)N2)[C@H](C(=O)c2ccco2)[C@@H](c2ccc(Cl)cc2)CN1C. The number of fused-ring (bicyclic) bond motifs is 2. The molecule has 3 atom stereocenters. The number of nitrogens with one attached hydrogen (secondary N) is 1. The smallest absolute Gasteiger partial charge is 0.250 e. The van der Waals surface area contributed by atoms with E-state index in [0.717, 1.165) is 11.1 Å². The van der Waals surface area contributed by atoms with Crippen molar-refractivity contribution in [3.05, 3.63) is 82.8 Å². The number of hydrogen-bond acceptors (Lipinski definition) is 5. The van der Waals surface area contributed by atoms with Gasteiger partial charge in [0.2, 0.25) is 11.7 Å². The fraction of sp³-hybridized carbons (Fsp3) is 0.250. The number of carbonyl (C=O) groups excluding carboxylic acids is 2. The number of carbonyl (C=O) groups is 2. The van der Waals surface area contributed by atoms with Crippen molar-refractivity contribution in [1.29, 1.82) is 0 Å². The third kappa shape index (κ3) is 2.82. The van der Waals surface area contributed by atoms with E-state index in [9.17, 15) is 9.59 Å². The third-order valence-electron chi connectivity index (χ3n) is 6.50. The zero-order valence-electron chi connectivity index (χ0n) is 17.1. The molecule has 2 aliphatic rings. The number of anilines is 1. The predicted molar refractivity (Wildman–Crippen MR) is 117 cm³/mol. The first-order valence-corrected chi connectivity index (χ1v) is 10.4. The Morgan fingerprint density at radius 3 is 2.68 bits per heavy atom. The molecule has 0 aliphatic carbocycles. The van der Waals surface area contributed by atoms with Gasteiger partial charge in [0.1, 0.15) is 11.3 Å². The molecular weight excluding hydrogens is 416 g/mol. The number of Topliss-reactive ketones (excluding diaryl/α,β-unsaturated/α-hetero) is 1. The minimum absolute atomic E-state index is 0.208. The number of halogens is 1. The first-order chi connectivity index (χ1) is 15.0. The number of hydrogen-bond donors (Lipinski definition) is 1. The zero-order chi connectivity index (χ0) is 21.8. The van der Waals surface area contributed by atoms with E-state index < -0.39 is 11.5 Å². The Hall–Kier alpha value is -3.09. The second kappa shape index (κ2) is 7.25. The molecule has 3 heterocycles. The number of methoxy groups -OCH3 is 1. The summed E-state index contributed by atoms with van der Waals surface area (Å²) < 4.78 is 10.9. The van der Waals surface area contributed by atoms with Crippen molar-refractivity contribution in [3.8, 4) is 5.75 Å². The van der Waals surface area contributed by atoms with E-state index in [1.165, 1.54) is 6.26 Å². The Morgan fingerprint density at radius 2 is 2.00 bits per heavy atom. The van der Waals surface area contributed by atoms with E-state index in [1.54, 1.807) is 25.3 Å². The summed E-state index contributed by atoms with van der Waals surface area (Å²) in [5.74, 6) is -0.495. The summed E-state index contributed by atoms with van der Waals surface area (Å²) in [4.78, 5) is 29.4. The van der Waals surface area contributed by atoms with Gasteiger partial charge in [0, 0.05) is 28.7 Å². The lowest BCUT2D eigenvalue weighted by molar-refractivity contribution is -0.126. The lowest BCUT2D eigenvalue weighted by Gasteiger charge is -2.35. The van der Waals surface area contributed by atoms with Crippen molar-refractivity contribution in [2.45, 2.75) is 11.5 Å². The minimum atomic E-state index is -1.18. The van der Waals surface area contributed by atoms with Gasteiger partial charge in [0.25, 0.3) is 0 Å². The van der Waals surface area contributed by atoms with Crippen LogP contribution < -0.4 is 10.1 Å². The highest BCUT2D eigenvalue weighted by Crippen LogP contribution is 2.56. The summed E-state index contributed by atoms with van der Waals surface area (Å²) in [6.45, 7) is 0.517. The van der Waals surface area contributed by atoms with Crippen LogP contribution in [0.3, 0.4) is 0 Å². The number of likely N-dealkylation sites (N-methyl/N-ethyl adjacent to an activating group) is 1. The normalized spacial score (nSPS) is 24.9. The van der Waals surface area contributed by atoms with E-state index in [-0.39, 0.29) is 23.4 Å². The van der Waals surface area contributed by atoms with Gasteiger partial charge in [-0.15, -0.1) is 0 Å². The number of nitrogens with zero attached hydrogens (tertiary/aromatic N) is 1. The standard InChI is InChI=1S/C24H21ClN2O4/c1-27-13-17(14-5-7-15(25)8-6-14)21(22(28)20-4-3-11-31-20)24(27)18-12-16(30-2)9-10-19(18)26-23(24)29/h3-12,17,21H,13H2,1-2H3,(H,26,29)/t17-,21+,24-/m1/s1. The number of ether oxygens (including phenoxy) is 1. The molecule has 0 unspecified atom stereocenters. The van der Waals surface area contributed by atoms with Crippen LogP contribution in [-0.4, -0.2) is 37.3 Å². The second-order valence-electron chi connectivity index (χ2n) is 7.99. The molecule has 1 amide bonds. The summed E-state index contributed by atoms with van der Waals surface area (Å²) in [6, 6.07) is 16.2. The quantitative estimate of drug-likeness (QED) is 0.617. The van der Waals surface area contributed by atoms with E-state index in [2.05, 4.69) is 5.32 Å². The Labute approximate surface area is 184 Å². The van der Waals surface area contributed by atoms with Crippen LogP contribution in [0.1, 0.15) is 27.6 Å². The fourth-order valence-corrected chi connectivity index (χ4v) is 5.25.